The molecule has 2 heterocycles. The summed E-state index contributed by atoms with van der Waals surface area (Å²) in [5.74, 6) is 0.416. The average Bonchev–Trinajstić information content (AvgIpc) is 3.24. The second-order valence-electron chi connectivity index (χ2n) is 6.47. The first-order valence-corrected chi connectivity index (χ1v) is 9.20. The number of benzene rings is 1. The van der Waals surface area contributed by atoms with Crippen LogP contribution in [-0.4, -0.2) is 37.7 Å². The van der Waals surface area contributed by atoms with E-state index in [4.69, 9.17) is 9.15 Å². The molecule has 0 spiro atoms. The van der Waals surface area contributed by atoms with Gasteiger partial charge in [-0.3, -0.25) is 4.79 Å². The molecule has 7 heteroatoms. The summed E-state index contributed by atoms with van der Waals surface area (Å²) < 4.78 is 10.4. The Morgan fingerprint density at radius 3 is 2.81 bits per heavy atom. The average molecular weight is 371 g/mol. The van der Waals surface area contributed by atoms with Gasteiger partial charge in [-0.25, -0.2) is 4.79 Å². The predicted octanol–water partition coefficient (Wildman–Crippen LogP) is 2.71. The van der Waals surface area contributed by atoms with Gasteiger partial charge in [0.25, 0.3) is 5.91 Å². The van der Waals surface area contributed by atoms with Gasteiger partial charge in [0.15, 0.2) is 0 Å². The Morgan fingerprint density at radius 1 is 1.22 bits per heavy atom. The van der Waals surface area contributed by atoms with Gasteiger partial charge in [0.2, 0.25) is 0 Å². The van der Waals surface area contributed by atoms with E-state index in [1.54, 1.807) is 13.0 Å². The molecule has 144 valence electrons. The van der Waals surface area contributed by atoms with E-state index in [9.17, 15) is 9.59 Å². The van der Waals surface area contributed by atoms with Crippen LogP contribution < -0.4 is 15.5 Å². The van der Waals surface area contributed by atoms with Crippen LogP contribution >= 0.6 is 0 Å². The smallest absolute Gasteiger partial charge is 0.407 e. The predicted molar refractivity (Wildman–Crippen MR) is 102 cm³/mol. The number of rotatable bonds is 7. The van der Waals surface area contributed by atoms with Gasteiger partial charge in [0.1, 0.15) is 5.76 Å². The summed E-state index contributed by atoms with van der Waals surface area (Å²) in [6.07, 6.45) is 2.03. The highest BCUT2D eigenvalue weighted by Gasteiger charge is 2.27. The molecule has 1 aliphatic heterocycles. The monoisotopic (exact) mass is 371 g/mol. The third-order valence-electron chi connectivity index (χ3n) is 4.61. The number of carbonyl (C=O) groups is 2. The minimum atomic E-state index is -0.488. The van der Waals surface area contributed by atoms with Gasteiger partial charge in [-0.2, -0.15) is 0 Å². The van der Waals surface area contributed by atoms with Gasteiger partial charge in [-0.05, 0) is 38.0 Å². The van der Waals surface area contributed by atoms with Crippen molar-refractivity contribution >= 4 is 17.7 Å². The van der Waals surface area contributed by atoms with Crippen LogP contribution in [0.3, 0.4) is 0 Å². The Hall–Kier alpha value is -2.96. The van der Waals surface area contributed by atoms with Crippen molar-refractivity contribution in [2.24, 2.45) is 0 Å². The molecule has 0 saturated heterocycles. The largest absolute Gasteiger partial charge is 0.467 e. The quantitative estimate of drug-likeness (QED) is 0.731. The molecule has 1 aromatic heterocycles. The number of nitrogens with one attached hydrogen (secondary N) is 2. The number of para-hydroxylation sites is 1. The number of anilines is 1. The van der Waals surface area contributed by atoms with Crippen molar-refractivity contribution in [3.8, 4) is 0 Å². The number of ether oxygens (including phenoxy) is 1. The molecule has 0 radical (unpaired) electrons. The highest BCUT2D eigenvalue weighted by atomic mass is 16.5. The van der Waals surface area contributed by atoms with Crippen LogP contribution in [0.2, 0.25) is 0 Å². The van der Waals surface area contributed by atoms with E-state index in [-0.39, 0.29) is 5.91 Å². The number of fused-ring (bicyclic) bond motifs is 1. The lowest BCUT2D eigenvalue weighted by atomic mass is 10.1. The Labute approximate surface area is 158 Å². The van der Waals surface area contributed by atoms with Gasteiger partial charge in [0.05, 0.1) is 25.0 Å². The summed E-state index contributed by atoms with van der Waals surface area (Å²) in [6.45, 7) is 5.37. The maximum absolute atomic E-state index is 12.5. The highest BCUT2D eigenvalue weighted by Crippen LogP contribution is 2.33. The maximum Gasteiger partial charge on any atom is 0.407 e. The van der Waals surface area contributed by atoms with Crippen molar-refractivity contribution in [1.29, 1.82) is 0 Å². The van der Waals surface area contributed by atoms with Crippen LogP contribution in [0.4, 0.5) is 10.5 Å². The molecule has 1 atom stereocenters. The molecule has 0 bridgehead atoms. The summed E-state index contributed by atoms with van der Waals surface area (Å²) in [5, 5.41) is 5.36. The minimum absolute atomic E-state index is 0.218. The molecule has 27 heavy (non-hydrogen) atoms. The molecule has 1 aromatic carbocycles. The summed E-state index contributed by atoms with van der Waals surface area (Å²) in [5.41, 5.74) is 3.02. The fraction of sp³-hybridized carbons (Fsp3) is 0.400. The number of alkyl carbamates (subject to hydrolysis) is 1. The molecule has 1 aliphatic rings. The number of hydrogen-bond acceptors (Lipinski definition) is 5. The third kappa shape index (κ3) is 4.42. The van der Waals surface area contributed by atoms with Crippen LogP contribution in [0.1, 0.15) is 35.5 Å². The molecular weight excluding hydrogens is 346 g/mol. The first kappa shape index (κ1) is 18.8. The lowest BCUT2D eigenvalue weighted by molar-refractivity contribution is 0.0950. The van der Waals surface area contributed by atoms with Crippen LogP contribution in [0.25, 0.3) is 0 Å². The Bertz CT molecular complexity index is 802. The standard InChI is InChI=1S/C20H25N3O4/c1-3-26-20(25)22-10-9-21-19(24)16-8-11-27-18(16)13-23-14(2)12-15-6-4-5-7-17(15)23/h4-8,11,14H,3,9-10,12-13H2,1-2H3,(H,21,24)(H,22,25). The number of carbonyl (C=O) groups excluding carboxylic acids is 2. The van der Waals surface area contributed by atoms with Gasteiger partial charge in [0, 0.05) is 24.8 Å². The van der Waals surface area contributed by atoms with Gasteiger partial charge >= 0.3 is 6.09 Å². The van der Waals surface area contributed by atoms with E-state index in [0.717, 1.165) is 6.42 Å². The molecule has 2 aromatic rings. The Morgan fingerprint density at radius 2 is 2.00 bits per heavy atom. The third-order valence-corrected chi connectivity index (χ3v) is 4.61. The van der Waals surface area contributed by atoms with Crippen molar-refractivity contribution in [1.82, 2.24) is 10.6 Å². The Kier molecular flexibility index (Phi) is 6.01. The molecular formula is C20H25N3O4. The van der Waals surface area contributed by atoms with E-state index in [2.05, 4.69) is 34.6 Å². The summed E-state index contributed by atoms with van der Waals surface area (Å²) in [7, 11) is 0. The van der Waals surface area contributed by atoms with Crippen molar-refractivity contribution in [2.45, 2.75) is 32.9 Å². The molecule has 0 saturated carbocycles. The highest BCUT2D eigenvalue weighted by molar-refractivity contribution is 5.95. The maximum atomic E-state index is 12.5. The molecule has 0 aliphatic carbocycles. The molecule has 2 amide bonds. The van der Waals surface area contributed by atoms with Gasteiger partial charge < -0.3 is 24.7 Å². The van der Waals surface area contributed by atoms with Gasteiger partial charge in [-0.1, -0.05) is 18.2 Å². The van der Waals surface area contributed by atoms with Crippen molar-refractivity contribution in [3.63, 3.8) is 0 Å². The topological polar surface area (TPSA) is 83.8 Å². The zero-order chi connectivity index (χ0) is 19.2. The SMILES string of the molecule is CCOC(=O)NCCNC(=O)c1ccoc1CN1c2ccccc2CC1C. The molecule has 2 N–H and O–H groups in total. The first-order valence-electron chi connectivity index (χ1n) is 9.20. The first-order chi connectivity index (χ1) is 13.1. The fourth-order valence-electron chi connectivity index (χ4n) is 3.31. The van der Waals surface area contributed by atoms with Crippen LogP contribution in [-0.2, 0) is 17.7 Å². The van der Waals surface area contributed by atoms with Crippen LogP contribution in [0.15, 0.2) is 41.0 Å². The molecule has 3 rings (SSSR count). The van der Waals surface area contributed by atoms with E-state index < -0.39 is 6.09 Å². The number of hydrogen-bond donors (Lipinski definition) is 2. The number of furan rings is 1. The van der Waals surface area contributed by atoms with Crippen molar-refractivity contribution < 1.29 is 18.7 Å². The number of amides is 2. The summed E-state index contributed by atoms with van der Waals surface area (Å²) >= 11 is 0. The normalized spacial score (nSPS) is 15.3. The summed E-state index contributed by atoms with van der Waals surface area (Å²) in [4.78, 5) is 26.0. The second kappa shape index (κ2) is 8.62. The fourth-order valence-corrected chi connectivity index (χ4v) is 3.31. The molecule has 1 unspecified atom stereocenters. The zero-order valence-corrected chi connectivity index (χ0v) is 15.7. The van der Waals surface area contributed by atoms with Crippen LogP contribution in [0.5, 0.6) is 0 Å². The van der Waals surface area contributed by atoms with Crippen LogP contribution in [0, 0.1) is 0 Å². The van der Waals surface area contributed by atoms with Crippen molar-refractivity contribution in [3.05, 3.63) is 53.5 Å². The lowest BCUT2D eigenvalue weighted by Crippen LogP contribution is -2.35. The molecule has 0 fully saturated rings. The van der Waals surface area contributed by atoms with Gasteiger partial charge in [-0.15, -0.1) is 0 Å². The lowest BCUT2D eigenvalue weighted by Gasteiger charge is -2.24. The zero-order valence-electron chi connectivity index (χ0n) is 15.7. The van der Waals surface area contributed by atoms with E-state index in [1.807, 2.05) is 12.1 Å². The Balaban J connectivity index is 1.58. The minimum Gasteiger partial charge on any atom is -0.467 e. The second-order valence-corrected chi connectivity index (χ2v) is 6.47. The van der Waals surface area contributed by atoms with E-state index in [0.29, 0.717) is 43.6 Å². The molecule has 7 nitrogen and oxygen atoms in total. The summed E-state index contributed by atoms with van der Waals surface area (Å²) in [6, 6.07) is 10.3. The van der Waals surface area contributed by atoms with Crippen molar-refractivity contribution in [2.75, 3.05) is 24.6 Å². The van der Waals surface area contributed by atoms with E-state index in [1.165, 1.54) is 17.5 Å². The van der Waals surface area contributed by atoms with E-state index >= 15 is 0 Å². The number of nitrogens with zero attached hydrogens (tertiary/aromatic N) is 1.